The molecule has 1 aliphatic carbocycles. The summed E-state index contributed by atoms with van der Waals surface area (Å²) in [6.45, 7) is 4.94. The fourth-order valence-corrected chi connectivity index (χ4v) is 2.81. The van der Waals surface area contributed by atoms with Crippen molar-refractivity contribution in [3.63, 3.8) is 0 Å². The predicted molar refractivity (Wildman–Crippen MR) is 69.2 cm³/mol. The van der Waals surface area contributed by atoms with Gasteiger partial charge in [-0.05, 0) is 42.9 Å². The van der Waals surface area contributed by atoms with Crippen molar-refractivity contribution in [3.8, 4) is 0 Å². The number of hydrogen-bond acceptors (Lipinski definition) is 1. The van der Waals surface area contributed by atoms with E-state index in [1.54, 1.807) is 0 Å². The Hall–Kier alpha value is -0.960. The van der Waals surface area contributed by atoms with Gasteiger partial charge in [-0.1, -0.05) is 20.3 Å². The first-order chi connectivity index (χ1) is 8.46. The number of nitrogens with one attached hydrogen (secondary N) is 1. The molecule has 0 saturated heterocycles. The van der Waals surface area contributed by atoms with Crippen LogP contribution in [0.25, 0.3) is 0 Å². The van der Waals surface area contributed by atoms with E-state index in [1.165, 1.54) is 25.0 Å². The van der Waals surface area contributed by atoms with E-state index < -0.39 is 0 Å². The van der Waals surface area contributed by atoms with Crippen LogP contribution in [0.3, 0.4) is 0 Å². The number of halogens is 2. The standard InChI is InChI=1S/C15H21F2N/c1-15(2)7-3-4-13(9-15)18-10-11-8-12(16)5-6-14(11)17/h5-6,8,13,18H,3-4,7,9-10H2,1-2H3. The summed E-state index contributed by atoms with van der Waals surface area (Å²) < 4.78 is 26.5. The second-order valence-corrected chi connectivity index (χ2v) is 6.07. The van der Waals surface area contributed by atoms with Crippen LogP contribution in [-0.2, 0) is 6.54 Å². The van der Waals surface area contributed by atoms with Crippen molar-refractivity contribution in [1.82, 2.24) is 5.32 Å². The lowest BCUT2D eigenvalue weighted by molar-refractivity contribution is 0.197. The van der Waals surface area contributed by atoms with Crippen LogP contribution in [0.4, 0.5) is 8.78 Å². The smallest absolute Gasteiger partial charge is 0.127 e. The Balaban J connectivity index is 1.93. The first-order valence-electron chi connectivity index (χ1n) is 6.64. The van der Waals surface area contributed by atoms with Crippen molar-refractivity contribution in [2.75, 3.05) is 0 Å². The first-order valence-corrected chi connectivity index (χ1v) is 6.64. The highest BCUT2D eigenvalue weighted by Gasteiger charge is 2.27. The van der Waals surface area contributed by atoms with Gasteiger partial charge in [0.15, 0.2) is 0 Å². The molecule has 0 radical (unpaired) electrons. The van der Waals surface area contributed by atoms with E-state index >= 15 is 0 Å². The van der Waals surface area contributed by atoms with E-state index in [4.69, 9.17) is 0 Å². The second kappa shape index (κ2) is 5.35. The third-order valence-corrected chi connectivity index (χ3v) is 3.79. The SMILES string of the molecule is CC1(C)CCCC(NCc2cc(F)ccc2F)C1. The first kappa shape index (κ1) is 13.5. The molecule has 1 saturated carbocycles. The molecule has 0 bridgehead atoms. The van der Waals surface area contributed by atoms with Crippen LogP contribution in [0.5, 0.6) is 0 Å². The van der Waals surface area contributed by atoms with Gasteiger partial charge in [0.05, 0.1) is 0 Å². The molecule has 0 aromatic heterocycles. The van der Waals surface area contributed by atoms with Gasteiger partial charge in [-0.3, -0.25) is 0 Å². The largest absolute Gasteiger partial charge is 0.310 e. The van der Waals surface area contributed by atoms with Crippen molar-refractivity contribution >= 4 is 0 Å². The Morgan fingerprint density at radius 3 is 2.83 bits per heavy atom. The fraction of sp³-hybridized carbons (Fsp3) is 0.600. The summed E-state index contributed by atoms with van der Waals surface area (Å²) in [5, 5.41) is 3.35. The Bertz CT molecular complexity index is 415. The number of rotatable bonds is 3. The second-order valence-electron chi connectivity index (χ2n) is 6.07. The molecular formula is C15H21F2N. The van der Waals surface area contributed by atoms with E-state index in [9.17, 15) is 8.78 Å². The maximum atomic E-state index is 13.5. The molecule has 0 spiro atoms. The molecule has 1 nitrogen and oxygen atoms in total. The summed E-state index contributed by atoms with van der Waals surface area (Å²) in [7, 11) is 0. The number of benzene rings is 1. The Labute approximate surface area is 108 Å². The summed E-state index contributed by atoms with van der Waals surface area (Å²) in [4.78, 5) is 0. The van der Waals surface area contributed by atoms with Crippen LogP contribution >= 0.6 is 0 Å². The highest BCUT2D eigenvalue weighted by molar-refractivity contribution is 5.18. The van der Waals surface area contributed by atoms with Crippen molar-refractivity contribution < 1.29 is 8.78 Å². The van der Waals surface area contributed by atoms with Crippen molar-refractivity contribution in [3.05, 3.63) is 35.4 Å². The lowest BCUT2D eigenvalue weighted by Gasteiger charge is -2.35. The van der Waals surface area contributed by atoms with Crippen molar-refractivity contribution in [2.24, 2.45) is 5.41 Å². The maximum Gasteiger partial charge on any atom is 0.127 e. The lowest BCUT2D eigenvalue weighted by atomic mass is 9.75. The molecule has 0 amide bonds. The summed E-state index contributed by atoms with van der Waals surface area (Å²) in [6, 6.07) is 4.03. The highest BCUT2D eigenvalue weighted by atomic mass is 19.1. The zero-order chi connectivity index (χ0) is 13.2. The molecule has 2 rings (SSSR count). The minimum atomic E-state index is -0.378. The van der Waals surface area contributed by atoms with Crippen LogP contribution in [-0.4, -0.2) is 6.04 Å². The van der Waals surface area contributed by atoms with Crippen LogP contribution in [0, 0.1) is 17.0 Å². The predicted octanol–water partition coefficient (Wildman–Crippen LogP) is 4.02. The van der Waals surface area contributed by atoms with E-state index in [0.717, 1.165) is 18.9 Å². The highest BCUT2D eigenvalue weighted by Crippen LogP contribution is 2.35. The summed E-state index contributed by atoms with van der Waals surface area (Å²) in [5.74, 6) is -0.712. The molecule has 1 aliphatic rings. The third-order valence-electron chi connectivity index (χ3n) is 3.79. The zero-order valence-electron chi connectivity index (χ0n) is 11.1. The van der Waals surface area contributed by atoms with Gasteiger partial charge in [-0.25, -0.2) is 8.78 Å². The summed E-state index contributed by atoms with van der Waals surface area (Å²) in [6.07, 6.45) is 4.68. The van der Waals surface area contributed by atoms with E-state index in [0.29, 0.717) is 23.6 Å². The van der Waals surface area contributed by atoms with E-state index in [-0.39, 0.29) is 11.6 Å². The molecular weight excluding hydrogens is 232 g/mol. The topological polar surface area (TPSA) is 12.0 Å². The number of hydrogen-bond donors (Lipinski definition) is 1. The van der Waals surface area contributed by atoms with Gasteiger partial charge >= 0.3 is 0 Å². The van der Waals surface area contributed by atoms with Gasteiger partial charge in [0.1, 0.15) is 11.6 Å². The molecule has 100 valence electrons. The van der Waals surface area contributed by atoms with Gasteiger partial charge in [0.25, 0.3) is 0 Å². The quantitative estimate of drug-likeness (QED) is 0.857. The average Bonchev–Trinajstić information content (AvgIpc) is 2.29. The fourth-order valence-electron chi connectivity index (χ4n) is 2.81. The molecule has 1 atom stereocenters. The third kappa shape index (κ3) is 3.52. The van der Waals surface area contributed by atoms with Crippen LogP contribution in [0.15, 0.2) is 18.2 Å². The van der Waals surface area contributed by atoms with Gasteiger partial charge in [-0.2, -0.15) is 0 Å². The molecule has 0 aliphatic heterocycles. The molecule has 1 aromatic rings. The van der Waals surface area contributed by atoms with Gasteiger partial charge in [0.2, 0.25) is 0 Å². The van der Waals surface area contributed by atoms with E-state index in [1.807, 2.05) is 0 Å². The molecule has 1 N–H and O–H groups in total. The van der Waals surface area contributed by atoms with Gasteiger partial charge in [0, 0.05) is 18.2 Å². The normalized spacial score (nSPS) is 23.0. The van der Waals surface area contributed by atoms with Crippen molar-refractivity contribution in [1.29, 1.82) is 0 Å². The molecule has 18 heavy (non-hydrogen) atoms. The lowest BCUT2D eigenvalue weighted by Crippen LogP contribution is -2.37. The van der Waals surface area contributed by atoms with Crippen LogP contribution in [0.1, 0.15) is 45.1 Å². The van der Waals surface area contributed by atoms with E-state index in [2.05, 4.69) is 19.2 Å². The monoisotopic (exact) mass is 253 g/mol. The molecule has 1 fully saturated rings. The summed E-state index contributed by atoms with van der Waals surface area (Å²) in [5.41, 5.74) is 0.773. The molecule has 0 heterocycles. The van der Waals surface area contributed by atoms with Crippen LogP contribution in [0.2, 0.25) is 0 Å². The summed E-state index contributed by atoms with van der Waals surface area (Å²) >= 11 is 0. The zero-order valence-corrected chi connectivity index (χ0v) is 11.1. The van der Waals surface area contributed by atoms with Gasteiger partial charge in [-0.15, -0.1) is 0 Å². The maximum absolute atomic E-state index is 13.5. The van der Waals surface area contributed by atoms with Crippen LogP contribution < -0.4 is 5.32 Å². The Kier molecular flexibility index (Phi) is 4.00. The Morgan fingerprint density at radius 1 is 1.33 bits per heavy atom. The average molecular weight is 253 g/mol. The molecule has 1 unspecified atom stereocenters. The van der Waals surface area contributed by atoms with Gasteiger partial charge < -0.3 is 5.32 Å². The van der Waals surface area contributed by atoms with Crippen molar-refractivity contribution in [2.45, 2.75) is 52.1 Å². The minimum Gasteiger partial charge on any atom is -0.310 e. The molecule has 1 aromatic carbocycles. The minimum absolute atomic E-state index is 0.334. The molecule has 3 heteroatoms. The Morgan fingerprint density at radius 2 is 2.11 bits per heavy atom.